The largest absolute Gasteiger partial charge is 0.472 e. The molecule has 0 bridgehead atoms. The summed E-state index contributed by atoms with van der Waals surface area (Å²) in [6, 6.07) is 5.26. The van der Waals surface area contributed by atoms with Crippen LogP contribution < -0.4 is 4.74 Å². The Hall–Kier alpha value is -0.480. The van der Waals surface area contributed by atoms with Gasteiger partial charge in [-0.2, -0.15) is 4.37 Å². The van der Waals surface area contributed by atoms with E-state index in [1.807, 2.05) is 5.38 Å². The van der Waals surface area contributed by atoms with Gasteiger partial charge in [-0.25, -0.2) is 0 Å². The van der Waals surface area contributed by atoms with Crippen LogP contribution in [0.2, 0.25) is 15.1 Å². The van der Waals surface area contributed by atoms with Crippen LogP contribution in [-0.4, -0.2) is 4.37 Å². The van der Waals surface area contributed by atoms with Crippen molar-refractivity contribution < 1.29 is 4.74 Å². The molecule has 0 radical (unpaired) electrons. The minimum Gasteiger partial charge on any atom is -0.472 e. The molecule has 0 aliphatic carbocycles. The smallest absolute Gasteiger partial charge is 0.225 e. The van der Waals surface area contributed by atoms with Gasteiger partial charge < -0.3 is 4.74 Å². The van der Waals surface area contributed by atoms with Crippen molar-refractivity contribution in [3.8, 4) is 5.88 Å². The molecule has 0 spiro atoms. The fourth-order valence-electron chi connectivity index (χ4n) is 1.10. The summed E-state index contributed by atoms with van der Waals surface area (Å²) in [5.74, 6) is 0.576. The molecule has 1 aromatic heterocycles. The Morgan fingerprint density at radius 3 is 2.62 bits per heavy atom. The highest BCUT2D eigenvalue weighted by Crippen LogP contribution is 2.33. The Kier molecular flexibility index (Phi) is 3.92. The first-order chi connectivity index (χ1) is 7.68. The Bertz CT molecular complexity index is 487. The first-order valence-electron chi connectivity index (χ1n) is 4.34. The lowest BCUT2D eigenvalue weighted by atomic mass is 10.2. The third-order valence-electron chi connectivity index (χ3n) is 1.90. The van der Waals surface area contributed by atoms with Crippen LogP contribution in [0.4, 0.5) is 0 Å². The van der Waals surface area contributed by atoms with E-state index < -0.39 is 0 Å². The maximum atomic E-state index is 6.02. The minimum absolute atomic E-state index is 0.319. The summed E-state index contributed by atoms with van der Waals surface area (Å²) in [5, 5.41) is 3.04. The van der Waals surface area contributed by atoms with Gasteiger partial charge in [-0.1, -0.05) is 40.9 Å². The van der Waals surface area contributed by atoms with Crippen molar-refractivity contribution in [1.29, 1.82) is 0 Å². The summed E-state index contributed by atoms with van der Waals surface area (Å²) >= 11 is 19.1. The molecule has 0 fully saturated rings. The van der Waals surface area contributed by atoms with Crippen LogP contribution in [0.25, 0.3) is 0 Å². The van der Waals surface area contributed by atoms with Gasteiger partial charge in [0.25, 0.3) is 0 Å². The summed E-state index contributed by atoms with van der Waals surface area (Å²) in [6.07, 6.45) is 0. The third-order valence-corrected chi connectivity index (χ3v) is 3.78. The molecule has 0 amide bonds. The van der Waals surface area contributed by atoms with Gasteiger partial charge in [0, 0.05) is 17.0 Å². The predicted octanol–water partition coefficient (Wildman–Crippen LogP) is 4.68. The zero-order chi connectivity index (χ0) is 11.5. The Labute approximate surface area is 112 Å². The first kappa shape index (κ1) is 12.0. The molecule has 0 aliphatic rings. The van der Waals surface area contributed by atoms with Gasteiger partial charge in [0.1, 0.15) is 6.61 Å². The average molecular weight is 295 g/mol. The van der Waals surface area contributed by atoms with Crippen molar-refractivity contribution in [3.63, 3.8) is 0 Å². The number of halogens is 3. The number of ether oxygens (including phenoxy) is 1. The number of aromatic nitrogens is 1. The van der Waals surface area contributed by atoms with E-state index in [1.54, 1.807) is 18.2 Å². The monoisotopic (exact) mass is 293 g/mol. The molecular formula is C10H6Cl3NOS. The summed E-state index contributed by atoms with van der Waals surface area (Å²) in [6.45, 7) is 0.319. The van der Waals surface area contributed by atoms with Gasteiger partial charge in [0.2, 0.25) is 5.88 Å². The molecule has 16 heavy (non-hydrogen) atoms. The number of rotatable bonds is 3. The Morgan fingerprint density at radius 1 is 1.12 bits per heavy atom. The Balaban J connectivity index is 2.13. The molecule has 0 aliphatic heterocycles. The highest BCUT2D eigenvalue weighted by Gasteiger charge is 2.09. The lowest BCUT2D eigenvalue weighted by Crippen LogP contribution is -1.96. The zero-order valence-electron chi connectivity index (χ0n) is 7.91. The fraction of sp³-hybridized carbons (Fsp3) is 0.100. The van der Waals surface area contributed by atoms with Crippen molar-refractivity contribution in [2.75, 3.05) is 0 Å². The quantitative estimate of drug-likeness (QED) is 0.767. The van der Waals surface area contributed by atoms with Crippen LogP contribution in [0, 0.1) is 0 Å². The summed E-state index contributed by atoms with van der Waals surface area (Å²) in [4.78, 5) is 0. The van der Waals surface area contributed by atoms with E-state index in [-0.39, 0.29) is 0 Å². The molecule has 2 rings (SSSR count). The van der Waals surface area contributed by atoms with E-state index in [2.05, 4.69) is 4.37 Å². The van der Waals surface area contributed by atoms with Crippen molar-refractivity contribution in [2.45, 2.75) is 6.61 Å². The van der Waals surface area contributed by atoms with Gasteiger partial charge in [-0.05, 0) is 17.6 Å². The molecule has 84 valence electrons. The second-order valence-electron chi connectivity index (χ2n) is 2.96. The Morgan fingerprint density at radius 2 is 1.94 bits per heavy atom. The zero-order valence-corrected chi connectivity index (χ0v) is 11.0. The van der Waals surface area contributed by atoms with Gasteiger partial charge in [-0.3, -0.25) is 0 Å². The van der Waals surface area contributed by atoms with E-state index in [0.717, 1.165) is 5.56 Å². The van der Waals surface area contributed by atoms with E-state index in [9.17, 15) is 0 Å². The SMILES string of the molecule is Clc1ccc(COc2ccsn2)c(Cl)c1Cl. The molecule has 0 saturated carbocycles. The van der Waals surface area contributed by atoms with Crippen molar-refractivity contribution >= 4 is 46.3 Å². The molecule has 1 heterocycles. The fourth-order valence-corrected chi connectivity index (χ4v) is 2.17. The second kappa shape index (κ2) is 5.23. The molecule has 1 aromatic carbocycles. The van der Waals surface area contributed by atoms with E-state index in [4.69, 9.17) is 39.5 Å². The van der Waals surface area contributed by atoms with Crippen LogP contribution in [0.3, 0.4) is 0 Å². The van der Waals surface area contributed by atoms with Crippen molar-refractivity contribution in [1.82, 2.24) is 4.37 Å². The van der Waals surface area contributed by atoms with Crippen LogP contribution in [-0.2, 0) is 6.61 Å². The van der Waals surface area contributed by atoms with Gasteiger partial charge >= 0.3 is 0 Å². The van der Waals surface area contributed by atoms with E-state index in [1.165, 1.54) is 11.5 Å². The van der Waals surface area contributed by atoms with Crippen LogP contribution in [0.15, 0.2) is 23.6 Å². The van der Waals surface area contributed by atoms with Gasteiger partial charge in [-0.15, -0.1) is 0 Å². The lowest BCUT2D eigenvalue weighted by Gasteiger charge is -2.07. The summed E-state index contributed by atoms with van der Waals surface area (Å²) in [5.41, 5.74) is 0.782. The lowest BCUT2D eigenvalue weighted by molar-refractivity contribution is 0.297. The second-order valence-corrected chi connectivity index (χ2v) is 4.79. The van der Waals surface area contributed by atoms with Gasteiger partial charge in [0.15, 0.2) is 0 Å². The highest BCUT2D eigenvalue weighted by atomic mass is 35.5. The predicted molar refractivity (Wildman–Crippen MR) is 67.9 cm³/mol. The number of benzene rings is 1. The molecule has 0 unspecified atom stereocenters. The van der Waals surface area contributed by atoms with Crippen molar-refractivity contribution in [3.05, 3.63) is 44.2 Å². The normalized spacial score (nSPS) is 10.4. The minimum atomic E-state index is 0.319. The first-order valence-corrected chi connectivity index (χ1v) is 6.31. The molecule has 0 N–H and O–H groups in total. The maximum Gasteiger partial charge on any atom is 0.225 e. The summed E-state index contributed by atoms with van der Waals surface area (Å²) < 4.78 is 9.44. The molecule has 0 saturated heterocycles. The van der Waals surface area contributed by atoms with E-state index >= 15 is 0 Å². The number of hydrogen-bond donors (Lipinski definition) is 0. The number of hydrogen-bond acceptors (Lipinski definition) is 3. The molecule has 0 atom stereocenters. The molecule has 6 heteroatoms. The number of nitrogens with zero attached hydrogens (tertiary/aromatic N) is 1. The topological polar surface area (TPSA) is 22.1 Å². The van der Waals surface area contributed by atoms with Crippen LogP contribution in [0.1, 0.15) is 5.56 Å². The highest BCUT2D eigenvalue weighted by molar-refractivity contribution is 7.03. The summed E-state index contributed by atoms with van der Waals surface area (Å²) in [7, 11) is 0. The van der Waals surface area contributed by atoms with Crippen LogP contribution in [0.5, 0.6) is 5.88 Å². The maximum absolute atomic E-state index is 6.02. The third kappa shape index (κ3) is 2.61. The molecule has 2 aromatic rings. The van der Waals surface area contributed by atoms with Gasteiger partial charge in [0.05, 0.1) is 15.1 Å². The van der Waals surface area contributed by atoms with Crippen molar-refractivity contribution in [2.24, 2.45) is 0 Å². The molecular weight excluding hydrogens is 289 g/mol. The van der Waals surface area contributed by atoms with E-state index in [0.29, 0.717) is 27.6 Å². The average Bonchev–Trinajstić information content (AvgIpc) is 2.78. The van der Waals surface area contributed by atoms with Crippen LogP contribution >= 0.6 is 46.3 Å². The molecule has 2 nitrogen and oxygen atoms in total. The standard InChI is InChI=1S/C10H6Cl3NOS/c11-7-2-1-6(9(12)10(7)13)5-15-8-3-4-16-14-8/h1-4H,5H2.